The number of esters is 1. The molecule has 0 fully saturated rings. The normalized spacial score (nSPS) is 12.2. The van der Waals surface area contributed by atoms with Gasteiger partial charge in [0.05, 0.1) is 19.1 Å². The maximum Gasteiger partial charge on any atom is 0.348 e. The van der Waals surface area contributed by atoms with Gasteiger partial charge in [0.1, 0.15) is 11.6 Å². The number of carbonyl (C=O) groups excluding carboxylic acids is 2. The maximum atomic E-state index is 13.0. The number of hydrogen-bond acceptors (Lipinski definition) is 4. The van der Waals surface area contributed by atoms with E-state index in [1.54, 1.807) is 13.8 Å². The first-order valence-corrected chi connectivity index (χ1v) is 9.49. The van der Waals surface area contributed by atoms with E-state index in [4.69, 9.17) is 9.47 Å². The second-order valence-corrected chi connectivity index (χ2v) is 7.74. The number of methoxy groups -OCH3 is 1. The number of aryl methyl sites for hydroxylation is 1. The van der Waals surface area contributed by atoms with E-state index >= 15 is 0 Å². The van der Waals surface area contributed by atoms with Crippen molar-refractivity contribution in [3.8, 4) is 5.75 Å². The fourth-order valence-electron chi connectivity index (χ4n) is 2.55. The molecule has 1 amide bonds. The Kier molecular flexibility index (Phi) is 7.18. The lowest BCUT2D eigenvalue weighted by molar-refractivity contribution is -0.148. The van der Waals surface area contributed by atoms with Crippen LogP contribution in [-0.4, -0.2) is 31.6 Å². The molecule has 2 aromatic rings. The minimum Gasteiger partial charge on any atom is -0.477 e. The highest BCUT2D eigenvalue weighted by Crippen LogP contribution is 2.27. The van der Waals surface area contributed by atoms with Gasteiger partial charge in [-0.3, -0.25) is 4.79 Å². The Bertz CT molecular complexity index is 852. The van der Waals surface area contributed by atoms with Gasteiger partial charge in [-0.2, -0.15) is 0 Å². The van der Waals surface area contributed by atoms with Crippen molar-refractivity contribution < 1.29 is 23.5 Å². The van der Waals surface area contributed by atoms with Gasteiger partial charge in [-0.25, -0.2) is 9.18 Å². The second kappa shape index (κ2) is 9.19. The van der Waals surface area contributed by atoms with E-state index in [2.05, 4.69) is 21.2 Å². The topological polar surface area (TPSA) is 64.6 Å². The molecule has 1 atom stereocenters. The third-order valence-electron chi connectivity index (χ3n) is 4.45. The molecule has 0 heterocycles. The zero-order valence-electron chi connectivity index (χ0n) is 16.2. The van der Waals surface area contributed by atoms with Crippen molar-refractivity contribution in [2.75, 3.05) is 13.7 Å². The van der Waals surface area contributed by atoms with Crippen LogP contribution in [-0.2, 0) is 19.7 Å². The number of hydrogen-bond donors (Lipinski definition) is 1. The average molecular weight is 452 g/mol. The van der Waals surface area contributed by atoms with Crippen molar-refractivity contribution in [1.82, 2.24) is 5.32 Å². The van der Waals surface area contributed by atoms with Gasteiger partial charge in [0.2, 0.25) is 12.0 Å². The lowest BCUT2D eigenvalue weighted by atomic mass is 9.83. The number of carbonyl (C=O) groups is 2. The van der Waals surface area contributed by atoms with E-state index in [0.717, 1.165) is 15.6 Å². The summed E-state index contributed by atoms with van der Waals surface area (Å²) in [6.07, 6.45) is -1.05. The molecule has 5 nitrogen and oxygen atoms in total. The highest BCUT2D eigenvalue weighted by atomic mass is 79.9. The molecule has 1 N–H and O–H groups in total. The van der Waals surface area contributed by atoms with Gasteiger partial charge in [0.15, 0.2) is 0 Å². The third-order valence-corrected chi connectivity index (χ3v) is 5.34. The molecule has 1 unspecified atom stereocenters. The zero-order chi connectivity index (χ0) is 20.9. The molecule has 7 heteroatoms. The summed E-state index contributed by atoms with van der Waals surface area (Å²) in [5.74, 6) is -1.01. The molecule has 0 spiro atoms. The van der Waals surface area contributed by atoms with Gasteiger partial charge < -0.3 is 14.8 Å². The van der Waals surface area contributed by atoms with E-state index in [0.29, 0.717) is 5.75 Å². The van der Waals surface area contributed by atoms with Gasteiger partial charge >= 0.3 is 5.97 Å². The van der Waals surface area contributed by atoms with Crippen LogP contribution >= 0.6 is 15.9 Å². The average Bonchev–Trinajstić information content (AvgIpc) is 2.67. The Morgan fingerprint density at radius 3 is 2.39 bits per heavy atom. The number of amides is 1. The summed E-state index contributed by atoms with van der Waals surface area (Å²) in [5.41, 5.74) is 1.05. The van der Waals surface area contributed by atoms with E-state index < -0.39 is 23.3 Å². The molecule has 0 saturated carbocycles. The van der Waals surface area contributed by atoms with E-state index in [-0.39, 0.29) is 12.5 Å². The quantitative estimate of drug-likeness (QED) is 0.648. The van der Waals surface area contributed by atoms with Gasteiger partial charge in [-0.05, 0) is 62.2 Å². The summed E-state index contributed by atoms with van der Waals surface area (Å²) in [4.78, 5) is 24.8. The summed E-state index contributed by atoms with van der Waals surface area (Å²) in [5, 5.41) is 2.75. The highest BCUT2D eigenvalue weighted by Gasteiger charge is 2.32. The van der Waals surface area contributed by atoms with Crippen LogP contribution in [0.15, 0.2) is 46.9 Å². The second-order valence-electron chi connectivity index (χ2n) is 6.88. The molecule has 0 bridgehead atoms. The van der Waals surface area contributed by atoms with Crippen LogP contribution in [0.5, 0.6) is 5.75 Å². The molecule has 0 aromatic heterocycles. The fourth-order valence-corrected chi connectivity index (χ4v) is 2.80. The largest absolute Gasteiger partial charge is 0.477 e. The van der Waals surface area contributed by atoms with Crippen molar-refractivity contribution in [3.63, 3.8) is 0 Å². The van der Waals surface area contributed by atoms with Gasteiger partial charge in [-0.15, -0.1) is 0 Å². The molecule has 0 aliphatic carbocycles. The van der Waals surface area contributed by atoms with Crippen LogP contribution in [0.1, 0.15) is 25.0 Å². The standard InChI is InChI=1S/C21H23BrFNO4/c1-13-11-14(5-10-17(13)22)21(2,3)20(26)24-12-18(19(25)27-4)28-16-8-6-15(23)7-9-16/h5-11,18H,12H2,1-4H3,(H,24,26). The molecule has 2 rings (SSSR count). The Balaban J connectivity index is 2.10. The van der Waals surface area contributed by atoms with E-state index in [9.17, 15) is 14.0 Å². The SMILES string of the molecule is COC(=O)C(CNC(=O)C(C)(C)c1ccc(Br)c(C)c1)Oc1ccc(F)cc1. The molecular formula is C21H23BrFNO4. The predicted molar refractivity (Wildman–Crippen MR) is 108 cm³/mol. The first-order valence-electron chi connectivity index (χ1n) is 8.70. The zero-order valence-corrected chi connectivity index (χ0v) is 17.8. The van der Waals surface area contributed by atoms with Gasteiger partial charge in [0.25, 0.3) is 0 Å². The van der Waals surface area contributed by atoms with Crippen LogP contribution < -0.4 is 10.1 Å². The lowest BCUT2D eigenvalue weighted by Crippen LogP contribution is -2.46. The van der Waals surface area contributed by atoms with E-state index in [1.165, 1.54) is 31.4 Å². The van der Waals surface area contributed by atoms with Gasteiger partial charge in [-0.1, -0.05) is 28.1 Å². The summed E-state index contributed by atoms with van der Waals surface area (Å²) in [7, 11) is 1.24. The van der Waals surface area contributed by atoms with Crippen molar-refractivity contribution in [1.29, 1.82) is 0 Å². The number of rotatable bonds is 7. The fraction of sp³-hybridized carbons (Fsp3) is 0.333. The van der Waals surface area contributed by atoms with Crippen LogP contribution in [0.3, 0.4) is 0 Å². The minimum absolute atomic E-state index is 0.0815. The maximum absolute atomic E-state index is 13.0. The number of ether oxygens (including phenoxy) is 2. The lowest BCUT2D eigenvalue weighted by Gasteiger charge is -2.26. The number of halogens is 2. The number of benzene rings is 2. The molecule has 150 valence electrons. The minimum atomic E-state index is -1.05. The predicted octanol–water partition coefficient (Wildman–Crippen LogP) is 3.91. The molecule has 2 aromatic carbocycles. The Morgan fingerprint density at radius 2 is 1.82 bits per heavy atom. The van der Waals surface area contributed by atoms with Crippen LogP contribution in [0, 0.1) is 12.7 Å². The summed E-state index contributed by atoms with van der Waals surface area (Å²) < 4.78 is 24.3. The Labute approximate surface area is 172 Å². The first-order chi connectivity index (χ1) is 13.1. The smallest absolute Gasteiger partial charge is 0.348 e. The van der Waals surface area contributed by atoms with Crippen LogP contribution in [0.4, 0.5) is 4.39 Å². The van der Waals surface area contributed by atoms with Crippen molar-refractivity contribution in [2.24, 2.45) is 0 Å². The van der Waals surface area contributed by atoms with Crippen molar-refractivity contribution >= 4 is 27.8 Å². The Morgan fingerprint density at radius 1 is 1.18 bits per heavy atom. The molecule has 0 aliphatic heterocycles. The van der Waals surface area contributed by atoms with Crippen molar-refractivity contribution in [2.45, 2.75) is 32.3 Å². The summed E-state index contributed by atoms with van der Waals surface area (Å²) >= 11 is 3.45. The number of nitrogens with one attached hydrogen (secondary N) is 1. The van der Waals surface area contributed by atoms with Crippen LogP contribution in [0.2, 0.25) is 0 Å². The highest BCUT2D eigenvalue weighted by molar-refractivity contribution is 9.10. The molecular weight excluding hydrogens is 429 g/mol. The molecule has 0 saturated heterocycles. The van der Waals surface area contributed by atoms with Crippen molar-refractivity contribution in [3.05, 3.63) is 63.9 Å². The Hall–Kier alpha value is -2.41. The third kappa shape index (κ3) is 5.32. The van der Waals surface area contributed by atoms with Gasteiger partial charge in [0, 0.05) is 4.47 Å². The monoisotopic (exact) mass is 451 g/mol. The van der Waals surface area contributed by atoms with Crippen LogP contribution in [0.25, 0.3) is 0 Å². The summed E-state index contributed by atoms with van der Waals surface area (Å²) in [6, 6.07) is 11.0. The first kappa shape index (κ1) is 21.9. The molecule has 0 radical (unpaired) electrons. The molecule has 0 aliphatic rings. The van der Waals surface area contributed by atoms with E-state index in [1.807, 2.05) is 25.1 Å². The summed E-state index contributed by atoms with van der Waals surface area (Å²) in [6.45, 7) is 5.48. The molecule has 28 heavy (non-hydrogen) atoms.